The van der Waals surface area contributed by atoms with E-state index in [1.54, 1.807) is 0 Å². The van der Waals surface area contributed by atoms with E-state index in [9.17, 15) is 0 Å². The number of nitrogens with one attached hydrogen (secondary N) is 1. The van der Waals surface area contributed by atoms with Crippen molar-refractivity contribution in [1.29, 1.82) is 0 Å². The molecule has 0 aromatic rings. The van der Waals surface area contributed by atoms with Crippen LogP contribution in [-0.4, -0.2) is 25.8 Å². The highest BCUT2D eigenvalue weighted by Crippen LogP contribution is 2.30. The van der Waals surface area contributed by atoms with Crippen molar-refractivity contribution >= 4 is 0 Å². The van der Waals surface area contributed by atoms with Crippen LogP contribution < -0.4 is 5.32 Å². The Morgan fingerprint density at radius 3 is 2.79 bits per heavy atom. The molecule has 0 aromatic carbocycles. The summed E-state index contributed by atoms with van der Waals surface area (Å²) in [5, 5.41) is 3.56. The van der Waals surface area contributed by atoms with Gasteiger partial charge in [0.05, 0.1) is 19.3 Å². The lowest BCUT2D eigenvalue weighted by Crippen LogP contribution is -2.46. The summed E-state index contributed by atoms with van der Waals surface area (Å²) in [4.78, 5) is 0. The van der Waals surface area contributed by atoms with Gasteiger partial charge in [0.2, 0.25) is 0 Å². The second-order valence-electron chi connectivity index (χ2n) is 5.11. The molecule has 82 valence electrons. The van der Waals surface area contributed by atoms with Crippen LogP contribution >= 0.6 is 0 Å². The Morgan fingerprint density at radius 2 is 2.14 bits per heavy atom. The minimum atomic E-state index is 0.663. The van der Waals surface area contributed by atoms with Crippen LogP contribution in [0.3, 0.4) is 0 Å². The van der Waals surface area contributed by atoms with Crippen molar-refractivity contribution in [3.63, 3.8) is 0 Å². The second kappa shape index (κ2) is 5.13. The van der Waals surface area contributed by atoms with Crippen LogP contribution in [0.15, 0.2) is 0 Å². The van der Waals surface area contributed by atoms with Crippen molar-refractivity contribution in [2.24, 2.45) is 11.8 Å². The quantitative estimate of drug-likeness (QED) is 0.746. The number of hydrogen-bond donors (Lipinski definition) is 1. The van der Waals surface area contributed by atoms with E-state index in [2.05, 4.69) is 12.2 Å². The van der Waals surface area contributed by atoms with Crippen molar-refractivity contribution in [1.82, 2.24) is 5.32 Å². The Labute approximate surface area is 87.4 Å². The molecule has 2 unspecified atom stereocenters. The largest absolute Gasteiger partial charge is 0.378 e. The molecule has 1 saturated heterocycles. The smallest absolute Gasteiger partial charge is 0.0643 e. The van der Waals surface area contributed by atoms with Crippen LogP contribution in [0.1, 0.15) is 39.0 Å². The maximum absolute atomic E-state index is 5.13. The van der Waals surface area contributed by atoms with Gasteiger partial charge in [-0.25, -0.2) is 0 Å². The summed E-state index contributed by atoms with van der Waals surface area (Å²) in [6.07, 6.45) is 7.22. The first-order valence-electron chi connectivity index (χ1n) is 6.15. The lowest BCUT2D eigenvalue weighted by atomic mass is 9.81. The highest BCUT2D eigenvalue weighted by Gasteiger charge is 2.20. The van der Waals surface area contributed by atoms with Crippen LogP contribution in [0.4, 0.5) is 0 Å². The highest BCUT2D eigenvalue weighted by molar-refractivity contribution is 4.75. The zero-order valence-electron chi connectivity index (χ0n) is 9.30. The van der Waals surface area contributed by atoms with E-state index in [1.807, 2.05) is 0 Å². The van der Waals surface area contributed by atoms with E-state index in [0.29, 0.717) is 6.04 Å². The molecule has 0 radical (unpaired) electrons. The van der Waals surface area contributed by atoms with E-state index >= 15 is 0 Å². The normalized spacial score (nSPS) is 34.1. The fourth-order valence-corrected chi connectivity index (χ4v) is 2.67. The summed E-state index contributed by atoms with van der Waals surface area (Å²) in [6, 6.07) is 0.663. The second-order valence-corrected chi connectivity index (χ2v) is 5.11. The molecule has 2 nitrogen and oxygen atoms in total. The molecule has 1 saturated carbocycles. The SMILES string of the molecule is CC1CCCC(CCNC2COC2)C1. The van der Waals surface area contributed by atoms with Crippen LogP contribution in [0.2, 0.25) is 0 Å². The molecule has 0 spiro atoms. The summed E-state index contributed by atoms with van der Waals surface area (Å²) in [6.45, 7) is 5.47. The topological polar surface area (TPSA) is 21.3 Å². The van der Waals surface area contributed by atoms with Crippen molar-refractivity contribution in [3.8, 4) is 0 Å². The summed E-state index contributed by atoms with van der Waals surface area (Å²) in [5.74, 6) is 1.97. The third kappa shape index (κ3) is 2.96. The molecule has 0 bridgehead atoms. The Kier molecular flexibility index (Phi) is 3.82. The first kappa shape index (κ1) is 10.4. The molecule has 1 heterocycles. The number of ether oxygens (including phenoxy) is 1. The van der Waals surface area contributed by atoms with Gasteiger partial charge in [0.25, 0.3) is 0 Å². The van der Waals surface area contributed by atoms with Gasteiger partial charge < -0.3 is 10.1 Å². The zero-order valence-corrected chi connectivity index (χ0v) is 9.30. The van der Waals surface area contributed by atoms with E-state index in [-0.39, 0.29) is 0 Å². The third-order valence-corrected chi connectivity index (χ3v) is 3.67. The van der Waals surface area contributed by atoms with Crippen LogP contribution in [0.5, 0.6) is 0 Å². The van der Waals surface area contributed by atoms with Gasteiger partial charge in [0.1, 0.15) is 0 Å². The average molecular weight is 197 g/mol. The lowest BCUT2D eigenvalue weighted by Gasteiger charge is -2.30. The van der Waals surface area contributed by atoms with Gasteiger partial charge in [0, 0.05) is 0 Å². The van der Waals surface area contributed by atoms with Gasteiger partial charge >= 0.3 is 0 Å². The fourth-order valence-electron chi connectivity index (χ4n) is 2.67. The molecule has 2 fully saturated rings. The van der Waals surface area contributed by atoms with Crippen LogP contribution in [-0.2, 0) is 4.74 Å². The van der Waals surface area contributed by atoms with Gasteiger partial charge in [-0.3, -0.25) is 0 Å². The first-order valence-corrected chi connectivity index (χ1v) is 6.15. The zero-order chi connectivity index (χ0) is 9.80. The maximum atomic E-state index is 5.13. The molecule has 2 heteroatoms. The minimum Gasteiger partial charge on any atom is -0.378 e. The summed E-state index contributed by atoms with van der Waals surface area (Å²) >= 11 is 0. The fraction of sp³-hybridized carbons (Fsp3) is 1.00. The van der Waals surface area contributed by atoms with Gasteiger partial charge in [-0.15, -0.1) is 0 Å². The molecule has 1 aliphatic carbocycles. The van der Waals surface area contributed by atoms with Crippen LogP contribution in [0, 0.1) is 11.8 Å². The lowest BCUT2D eigenvalue weighted by molar-refractivity contribution is -0.00558. The van der Waals surface area contributed by atoms with E-state index < -0.39 is 0 Å². The van der Waals surface area contributed by atoms with E-state index in [0.717, 1.165) is 25.0 Å². The number of rotatable bonds is 4. The highest BCUT2D eigenvalue weighted by atomic mass is 16.5. The van der Waals surface area contributed by atoms with E-state index in [4.69, 9.17) is 4.74 Å². The standard InChI is InChI=1S/C12H23NO/c1-10-3-2-4-11(7-10)5-6-13-12-8-14-9-12/h10-13H,2-9H2,1H3. The van der Waals surface area contributed by atoms with Gasteiger partial charge in [0.15, 0.2) is 0 Å². The Balaban J connectivity index is 1.55. The molecule has 1 aliphatic heterocycles. The summed E-state index contributed by atoms with van der Waals surface area (Å²) < 4.78 is 5.13. The van der Waals surface area contributed by atoms with E-state index in [1.165, 1.54) is 38.6 Å². The van der Waals surface area contributed by atoms with Crippen LogP contribution in [0.25, 0.3) is 0 Å². The van der Waals surface area contributed by atoms with Crippen molar-refractivity contribution in [2.75, 3.05) is 19.8 Å². The summed E-state index contributed by atoms with van der Waals surface area (Å²) in [5.41, 5.74) is 0. The Morgan fingerprint density at radius 1 is 1.29 bits per heavy atom. The minimum absolute atomic E-state index is 0.663. The number of hydrogen-bond acceptors (Lipinski definition) is 2. The van der Waals surface area contributed by atoms with Gasteiger partial charge in [-0.1, -0.05) is 26.2 Å². The maximum Gasteiger partial charge on any atom is 0.0643 e. The molecule has 0 aromatic heterocycles. The molecule has 2 aliphatic rings. The van der Waals surface area contributed by atoms with Gasteiger partial charge in [-0.05, 0) is 31.2 Å². The van der Waals surface area contributed by atoms with Crippen molar-refractivity contribution in [3.05, 3.63) is 0 Å². The van der Waals surface area contributed by atoms with Gasteiger partial charge in [-0.2, -0.15) is 0 Å². The molecular weight excluding hydrogens is 174 g/mol. The molecular formula is C12H23NO. The average Bonchev–Trinajstić information content (AvgIpc) is 2.09. The van der Waals surface area contributed by atoms with Crippen molar-refractivity contribution < 1.29 is 4.74 Å². The Bertz CT molecular complexity index is 168. The molecule has 0 amide bonds. The molecule has 14 heavy (non-hydrogen) atoms. The predicted molar refractivity (Wildman–Crippen MR) is 58.3 cm³/mol. The molecule has 2 rings (SSSR count). The first-order chi connectivity index (χ1) is 6.84. The molecule has 2 atom stereocenters. The van der Waals surface area contributed by atoms with Crippen molar-refractivity contribution in [2.45, 2.75) is 45.1 Å². The third-order valence-electron chi connectivity index (χ3n) is 3.67. The predicted octanol–water partition coefficient (Wildman–Crippen LogP) is 2.19. The Hall–Kier alpha value is -0.0800. The molecule has 1 N–H and O–H groups in total. The monoisotopic (exact) mass is 197 g/mol. The summed E-state index contributed by atoms with van der Waals surface area (Å²) in [7, 11) is 0.